The van der Waals surface area contributed by atoms with Crippen LogP contribution in [0.2, 0.25) is 5.02 Å². The van der Waals surface area contributed by atoms with Gasteiger partial charge in [0.1, 0.15) is 18.1 Å². The Balaban J connectivity index is 2.14. The van der Waals surface area contributed by atoms with Gasteiger partial charge in [0.2, 0.25) is 0 Å². The Labute approximate surface area is 130 Å². The fraction of sp³-hybridized carbons (Fsp3) is 0.353. The van der Waals surface area contributed by atoms with Crippen LogP contribution < -0.4 is 9.47 Å². The van der Waals surface area contributed by atoms with Gasteiger partial charge in [-0.25, -0.2) is 0 Å². The van der Waals surface area contributed by atoms with E-state index in [1.54, 1.807) is 19.5 Å². The van der Waals surface area contributed by atoms with Crippen molar-refractivity contribution in [1.29, 1.82) is 0 Å². The minimum Gasteiger partial charge on any atom is -0.496 e. The van der Waals surface area contributed by atoms with Crippen molar-refractivity contribution < 1.29 is 9.47 Å². The van der Waals surface area contributed by atoms with Gasteiger partial charge in [0, 0.05) is 18.0 Å². The first-order chi connectivity index (χ1) is 9.91. The molecule has 0 saturated heterocycles. The molecule has 0 spiro atoms. The molecule has 2 rings (SSSR count). The summed E-state index contributed by atoms with van der Waals surface area (Å²) in [7, 11) is 1.63. The molecule has 0 aliphatic heterocycles. The lowest BCUT2D eigenvalue weighted by atomic mass is 9.87. The van der Waals surface area contributed by atoms with Crippen molar-refractivity contribution in [3.63, 3.8) is 0 Å². The second kappa shape index (κ2) is 6.35. The highest BCUT2D eigenvalue weighted by Gasteiger charge is 2.15. The van der Waals surface area contributed by atoms with Gasteiger partial charge in [0.05, 0.1) is 12.1 Å². The highest BCUT2D eigenvalue weighted by Crippen LogP contribution is 2.32. The summed E-state index contributed by atoms with van der Waals surface area (Å²) in [6.07, 6.45) is 3.42. The molecule has 0 fully saturated rings. The number of benzene rings is 1. The maximum Gasteiger partial charge on any atom is 0.138 e. The van der Waals surface area contributed by atoms with E-state index < -0.39 is 0 Å². The van der Waals surface area contributed by atoms with E-state index in [4.69, 9.17) is 21.1 Å². The highest BCUT2D eigenvalue weighted by atomic mass is 35.5. The van der Waals surface area contributed by atoms with Crippen molar-refractivity contribution in [1.82, 2.24) is 4.98 Å². The lowest BCUT2D eigenvalue weighted by Crippen LogP contribution is -2.11. The first kappa shape index (κ1) is 15.6. The van der Waals surface area contributed by atoms with Crippen LogP contribution in [0.3, 0.4) is 0 Å². The summed E-state index contributed by atoms with van der Waals surface area (Å²) in [6.45, 7) is 6.82. The van der Waals surface area contributed by atoms with Crippen LogP contribution in [0.25, 0.3) is 0 Å². The Morgan fingerprint density at radius 2 is 1.90 bits per heavy atom. The third-order valence-electron chi connectivity index (χ3n) is 3.26. The molecule has 0 aliphatic carbocycles. The van der Waals surface area contributed by atoms with Gasteiger partial charge in [-0.3, -0.25) is 4.98 Å². The zero-order chi connectivity index (χ0) is 15.5. The molecule has 112 valence electrons. The molecular weight excluding hydrogens is 286 g/mol. The predicted molar refractivity (Wildman–Crippen MR) is 85.3 cm³/mol. The molecule has 0 unspecified atom stereocenters. The summed E-state index contributed by atoms with van der Waals surface area (Å²) < 4.78 is 11.1. The van der Waals surface area contributed by atoms with E-state index in [0.717, 1.165) is 11.3 Å². The summed E-state index contributed by atoms with van der Waals surface area (Å²) in [4.78, 5) is 4.08. The summed E-state index contributed by atoms with van der Waals surface area (Å²) in [5.74, 6) is 1.42. The summed E-state index contributed by atoms with van der Waals surface area (Å²) in [5.41, 5.74) is 2.13. The van der Waals surface area contributed by atoms with Gasteiger partial charge in [0.25, 0.3) is 0 Å². The molecule has 1 aromatic carbocycles. The number of nitrogens with zero attached hydrogens (tertiary/aromatic N) is 1. The average Bonchev–Trinajstić information content (AvgIpc) is 2.45. The second-order valence-corrected chi connectivity index (χ2v) is 6.28. The summed E-state index contributed by atoms with van der Waals surface area (Å²) in [6, 6.07) is 7.72. The van der Waals surface area contributed by atoms with Crippen LogP contribution in [0, 0.1) is 0 Å². The van der Waals surface area contributed by atoms with Gasteiger partial charge >= 0.3 is 0 Å². The normalized spacial score (nSPS) is 11.3. The molecule has 0 saturated carbocycles. The van der Waals surface area contributed by atoms with Crippen LogP contribution in [0.15, 0.2) is 36.7 Å². The van der Waals surface area contributed by atoms with E-state index in [1.165, 1.54) is 5.56 Å². The van der Waals surface area contributed by atoms with Gasteiger partial charge in [-0.05, 0) is 29.2 Å². The first-order valence-electron chi connectivity index (χ1n) is 6.81. The zero-order valence-electron chi connectivity index (χ0n) is 12.8. The third-order valence-corrected chi connectivity index (χ3v) is 3.56. The quantitative estimate of drug-likeness (QED) is 0.826. The number of pyridine rings is 1. The Kier molecular flexibility index (Phi) is 4.73. The van der Waals surface area contributed by atoms with Crippen molar-refractivity contribution in [3.05, 3.63) is 52.8 Å². The van der Waals surface area contributed by atoms with Gasteiger partial charge in [-0.2, -0.15) is 0 Å². The van der Waals surface area contributed by atoms with E-state index in [9.17, 15) is 0 Å². The number of methoxy groups -OCH3 is 1. The van der Waals surface area contributed by atoms with E-state index in [-0.39, 0.29) is 5.41 Å². The molecule has 0 amide bonds. The molecule has 0 bridgehead atoms. The number of hydrogen-bond acceptors (Lipinski definition) is 3. The van der Waals surface area contributed by atoms with E-state index in [2.05, 4.69) is 25.8 Å². The van der Waals surface area contributed by atoms with Crippen LogP contribution >= 0.6 is 11.6 Å². The van der Waals surface area contributed by atoms with Crippen LogP contribution in [-0.4, -0.2) is 12.1 Å². The number of rotatable bonds is 4. The number of ether oxygens (including phenoxy) is 2. The van der Waals surface area contributed by atoms with Crippen molar-refractivity contribution in [3.8, 4) is 11.5 Å². The lowest BCUT2D eigenvalue weighted by Gasteiger charge is -2.20. The molecule has 3 nitrogen and oxygen atoms in total. The molecule has 2 aromatic rings. The van der Waals surface area contributed by atoms with Crippen LogP contribution in [0.4, 0.5) is 0 Å². The molecule has 21 heavy (non-hydrogen) atoms. The number of aromatic nitrogens is 1. The summed E-state index contributed by atoms with van der Waals surface area (Å²) in [5, 5.41) is 0.616. The minimum atomic E-state index is 0.0642. The first-order valence-corrected chi connectivity index (χ1v) is 7.19. The van der Waals surface area contributed by atoms with Crippen LogP contribution in [0.1, 0.15) is 31.9 Å². The largest absolute Gasteiger partial charge is 0.496 e. The van der Waals surface area contributed by atoms with Gasteiger partial charge in [-0.1, -0.05) is 38.4 Å². The molecule has 0 aliphatic rings. The molecule has 4 heteroatoms. The fourth-order valence-corrected chi connectivity index (χ4v) is 2.20. The van der Waals surface area contributed by atoms with E-state index in [0.29, 0.717) is 17.4 Å². The lowest BCUT2D eigenvalue weighted by molar-refractivity contribution is 0.296. The SMILES string of the molecule is COc1ccncc1COc1ccc(C(C)(C)C)cc1Cl. The monoisotopic (exact) mass is 305 g/mol. The van der Waals surface area contributed by atoms with Gasteiger partial charge in [0.15, 0.2) is 0 Å². The van der Waals surface area contributed by atoms with Crippen LogP contribution in [-0.2, 0) is 12.0 Å². The van der Waals surface area contributed by atoms with E-state index >= 15 is 0 Å². The van der Waals surface area contributed by atoms with Crippen molar-refractivity contribution in [2.24, 2.45) is 0 Å². The van der Waals surface area contributed by atoms with Crippen molar-refractivity contribution in [2.75, 3.05) is 7.11 Å². The Morgan fingerprint density at radius 1 is 1.14 bits per heavy atom. The van der Waals surface area contributed by atoms with Crippen molar-refractivity contribution >= 4 is 11.6 Å². The molecule has 1 aromatic heterocycles. The maximum absolute atomic E-state index is 6.30. The predicted octanol–water partition coefficient (Wildman–Crippen LogP) is 4.62. The number of halogens is 1. The topological polar surface area (TPSA) is 31.4 Å². The Bertz CT molecular complexity index is 620. The Morgan fingerprint density at radius 3 is 2.52 bits per heavy atom. The molecule has 0 atom stereocenters. The second-order valence-electron chi connectivity index (χ2n) is 5.87. The number of hydrogen-bond donors (Lipinski definition) is 0. The van der Waals surface area contributed by atoms with Gasteiger partial charge in [-0.15, -0.1) is 0 Å². The fourth-order valence-electron chi connectivity index (χ4n) is 1.96. The molecule has 0 radical (unpaired) electrons. The molecular formula is C17H20ClNO2. The third kappa shape index (κ3) is 3.88. The average molecular weight is 306 g/mol. The van der Waals surface area contributed by atoms with Gasteiger partial charge < -0.3 is 9.47 Å². The molecule has 1 heterocycles. The zero-order valence-corrected chi connectivity index (χ0v) is 13.6. The van der Waals surface area contributed by atoms with Crippen LogP contribution in [0.5, 0.6) is 11.5 Å². The maximum atomic E-state index is 6.30. The summed E-state index contributed by atoms with van der Waals surface area (Å²) >= 11 is 6.30. The highest BCUT2D eigenvalue weighted by molar-refractivity contribution is 6.32. The minimum absolute atomic E-state index is 0.0642. The standard InChI is InChI=1S/C17H20ClNO2/c1-17(2,3)13-5-6-16(14(18)9-13)21-11-12-10-19-8-7-15(12)20-4/h5-10H,11H2,1-4H3. The smallest absolute Gasteiger partial charge is 0.138 e. The van der Waals surface area contributed by atoms with Crippen molar-refractivity contribution in [2.45, 2.75) is 32.8 Å². The Hall–Kier alpha value is -1.74. The van der Waals surface area contributed by atoms with E-state index in [1.807, 2.05) is 24.3 Å². The molecule has 0 N–H and O–H groups in total.